The van der Waals surface area contributed by atoms with Crippen LogP contribution in [0, 0.1) is 5.92 Å². The normalized spacial score (nSPS) is 27.2. The molecule has 2 fully saturated rings. The Hall–Kier alpha value is -0.320. The third-order valence-corrected chi connectivity index (χ3v) is 4.34. The molecule has 2 aliphatic heterocycles. The summed E-state index contributed by atoms with van der Waals surface area (Å²) >= 11 is 6.12. The Morgan fingerprint density at radius 3 is 3.05 bits per heavy atom. The third-order valence-electron chi connectivity index (χ3n) is 4.10. The number of benzene rings is 1. The van der Waals surface area contributed by atoms with Crippen LogP contribution < -0.4 is 5.32 Å². The van der Waals surface area contributed by atoms with Crippen LogP contribution in [-0.4, -0.2) is 44.3 Å². The number of nitrogens with one attached hydrogen (secondary N) is 1. The predicted octanol–water partition coefficient (Wildman–Crippen LogP) is 2.74. The molecule has 1 aromatic rings. The van der Waals surface area contributed by atoms with E-state index in [-0.39, 0.29) is 12.4 Å². The fraction of sp³-hybridized carbons (Fsp3) is 0.600. The molecule has 2 saturated heterocycles. The second kappa shape index (κ2) is 7.62. The molecule has 5 heteroatoms. The van der Waals surface area contributed by atoms with Crippen molar-refractivity contribution in [3.63, 3.8) is 0 Å². The van der Waals surface area contributed by atoms with Crippen molar-refractivity contribution in [1.82, 2.24) is 10.2 Å². The van der Waals surface area contributed by atoms with Crippen LogP contribution in [0.5, 0.6) is 0 Å². The topological polar surface area (TPSA) is 24.5 Å². The van der Waals surface area contributed by atoms with Crippen molar-refractivity contribution in [2.24, 2.45) is 5.92 Å². The monoisotopic (exact) mass is 316 g/mol. The van der Waals surface area contributed by atoms with Gasteiger partial charge in [-0.15, -0.1) is 12.4 Å². The molecule has 2 unspecified atom stereocenters. The largest absolute Gasteiger partial charge is 0.381 e. The van der Waals surface area contributed by atoms with Crippen molar-refractivity contribution in [3.8, 4) is 0 Å². The predicted molar refractivity (Wildman–Crippen MR) is 84.8 cm³/mol. The Balaban J connectivity index is 0.00000147. The standard InChI is InChI=1S/C15H21ClN2O.ClH/c16-14-3-1-2-13(8-14)15-9-17-5-6-18(15)10-12-4-7-19-11-12;/h1-3,8,12,15,17H,4-7,9-11H2;1H. The van der Waals surface area contributed by atoms with Gasteiger partial charge in [-0.2, -0.15) is 0 Å². The summed E-state index contributed by atoms with van der Waals surface area (Å²) in [5.41, 5.74) is 1.32. The summed E-state index contributed by atoms with van der Waals surface area (Å²) in [5.74, 6) is 0.694. The molecule has 0 bridgehead atoms. The van der Waals surface area contributed by atoms with Gasteiger partial charge in [0.25, 0.3) is 0 Å². The summed E-state index contributed by atoms with van der Waals surface area (Å²) in [5, 5.41) is 4.32. The van der Waals surface area contributed by atoms with E-state index in [2.05, 4.69) is 22.3 Å². The van der Waals surface area contributed by atoms with Crippen molar-refractivity contribution in [2.75, 3.05) is 39.4 Å². The van der Waals surface area contributed by atoms with E-state index in [1.165, 1.54) is 12.0 Å². The first-order valence-corrected chi connectivity index (χ1v) is 7.49. The molecule has 0 aliphatic carbocycles. The highest BCUT2D eigenvalue weighted by Crippen LogP contribution is 2.26. The molecule has 3 rings (SSSR count). The summed E-state index contributed by atoms with van der Waals surface area (Å²) in [6.45, 7) is 6.18. The van der Waals surface area contributed by atoms with Crippen LogP contribution in [-0.2, 0) is 4.74 Å². The molecule has 1 N–H and O–H groups in total. The molecular formula is C15H22Cl2N2O. The molecule has 2 atom stereocenters. The molecule has 0 saturated carbocycles. The summed E-state index contributed by atoms with van der Waals surface area (Å²) in [6, 6.07) is 8.70. The first-order valence-electron chi connectivity index (χ1n) is 7.11. The minimum atomic E-state index is 0. The van der Waals surface area contributed by atoms with Gasteiger partial charge in [0, 0.05) is 43.9 Å². The molecule has 0 aromatic heterocycles. The first-order chi connectivity index (χ1) is 9.33. The summed E-state index contributed by atoms with van der Waals surface area (Å²) < 4.78 is 5.50. The van der Waals surface area contributed by atoms with E-state index >= 15 is 0 Å². The van der Waals surface area contributed by atoms with Crippen molar-refractivity contribution in [2.45, 2.75) is 12.5 Å². The summed E-state index contributed by atoms with van der Waals surface area (Å²) in [4.78, 5) is 2.58. The smallest absolute Gasteiger partial charge is 0.0507 e. The van der Waals surface area contributed by atoms with E-state index in [0.717, 1.165) is 44.4 Å². The Morgan fingerprint density at radius 2 is 2.30 bits per heavy atom. The van der Waals surface area contributed by atoms with Gasteiger partial charge in [-0.1, -0.05) is 23.7 Å². The van der Waals surface area contributed by atoms with Gasteiger partial charge in [-0.3, -0.25) is 4.90 Å². The lowest BCUT2D eigenvalue weighted by Crippen LogP contribution is -2.47. The van der Waals surface area contributed by atoms with Crippen molar-refractivity contribution in [3.05, 3.63) is 34.9 Å². The SMILES string of the molecule is Cl.Clc1cccc(C2CNCCN2CC2CCOC2)c1. The maximum Gasteiger partial charge on any atom is 0.0507 e. The first kappa shape index (κ1) is 16.1. The number of hydrogen-bond acceptors (Lipinski definition) is 3. The van der Waals surface area contributed by atoms with Crippen LogP contribution in [0.25, 0.3) is 0 Å². The Bertz CT molecular complexity index is 424. The highest BCUT2D eigenvalue weighted by molar-refractivity contribution is 6.30. The molecule has 2 aliphatic rings. The summed E-state index contributed by atoms with van der Waals surface area (Å²) in [7, 11) is 0. The molecular weight excluding hydrogens is 295 g/mol. The van der Waals surface area contributed by atoms with Crippen molar-refractivity contribution >= 4 is 24.0 Å². The van der Waals surface area contributed by atoms with E-state index in [1.807, 2.05) is 12.1 Å². The number of piperazine rings is 1. The number of halogens is 2. The average molecular weight is 317 g/mol. The van der Waals surface area contributed by atoms with Gasteiger partial charge in [-0.05, 0) is 30.0 Å². The lowest BCUT2D eigenvalue weighted by molar-refractivity contribution is 0.123. The van der Waals surface area contributed by atoms with Crippen LogP contribution >= 0.6 is 24.0 Å². The molecule has 20 heavy (non-hydrogen) atoms. The Morgan fingerprint density at radius 1 is 1.40 bits per heavy atom. The van der Waals surface area contributed by atoms with E-state index in [1.54, 1.807) is 0 Å². The number of rotatable bonds is 3. The second-order valence-corrected chi connectivity index (χ2v) is 5.94. The second-order valence-electron chi connectivity index (χ2n) is 5.50. The van der Waals surface area contributed by atoms with Gasteiger partial charge in [-0.25, -0.2) is 0 Å². The van der Waals surface area contributed by atoms with Crippen LogP contribution in [0.15, 0.2) is 24.3 Å². The minimum absolute atomic E-state index is 0. The van der Waals surface area contributed by atoms with Crippen molar-refractivity contribution < 1.29 is 4.74 Å². The van der Waals surface area contributed by atoms with Crippen LogP contribution in [0.4, 0.5) is 0 Å². The number of hydrogen-bond donors (Lipinski definition) is 1. The molecule has 0 amide bonds. The lowest BCUT2D eigenvalue weighted by Gasteiger charge is -2.37. The number of nitrogens with zero attached hydrogens (tertiary/aromatic N) is 1. The van der Waals surface area contributed by atoms with Crippen LogP contribution in [0.1, 0.15) is 18.0 Å². The van der Waals surface area contributed by atoms with Gasteiger partial charge in [0.15, 0.2) is 0 Å². The molecule has 3 nitrogen and oxygen atoms in total. The summed E-state index contributed by atoms with van der Waals surface area (Å²) in [6.07, 6.45) is 1.20. The van der Waals surface area contributed by atoms with Gasteiger partial charge in [0.1, 0.15) is 0 Å². The molecule has 112 valence electrons. The lowest BCUT2D eigenvalue weighted by atomic mass is 10.0. The van der Waals surface area contributed by atoms with E-state index in [0.29, 0.717) is 12.0 Å². The minimum Gasteiger partial charge on any atom is -0.381 e. The maximum atomic E-state index is 6.12. The number of ether oxygens (including phenoxy) is 1. The van der Waals surface area contributed by atoms with E-state index in [4.69, 9.17) is 16.3 Å². The van der Waals surface area contributed by atoms with E-state index < -0.39 is 0 Å². The van der Waals surface area contributed by atoms with Gasteiger partial charge >= 0.3 is 0 Å². The Kier molecular flexibility index (Phi) is 6.12. The average Bonchev–Trinajstić information content (AvgIpc) is 2.92. The zero-order valence-corrected chi connectivity index (χ0v) is 13.1. The van der Waals surface area contributed by atoms with Crippen molar-refractivity contribution in [1.29, 1.82) is 0 Å². The fourth-order valence-electron chi connectivity index (χ4n) is 3.07. The van der Waals surface area contributed by atoms with Gasteiger partial charge in [0.05, 0.1) is 6.61 Å². The highest BCUT2D eigenvalue weighted by Gasteiger charge is 2.27. The van der Waals surface area contributed by atoms with Crippen LogP contribution in [0.3, 0.4) is 0 Å². The third kappa shape index (κ3) is 3.86. The van der Waals surface area contributed by atoms with E-state index in [9.17, 15) is 0 Å². The van der Waals surface area contributed by atoms with Gasteiger partial charge < -0.3 is 10.1 Å². The van der Waals surface area contributed by atoms with Gasteiger partial charge in [0.2, 0.25) is 0 Å². The highest BCUT2D eigenvalue weighted by atomic mass is 35.5. The zero-order chi connectivity index (χ0) is 13.1. The Labute approximate surface area is 132 Å². The quantitative estimate of drug-likeness (QED) is 0.928. The fourth-order valence-corrected chi connectivity index (χ4v) is 3.27. The molecule has 1 aromatic carbocycles. The molecule has 0 spiro atoms. The van der Waals surface area contributed by atoms with Crippen LogP contribution in [0.2, 0.25) is 5.02 Å². The maximum absolute atomic E-state index is 6.12. The molecule has 0 radical (unpaired) electrons. The zero-order valence-electron chi connectivity index (χ0n) is 11.6. The molecule has 2 heterocycles.